The van der Waals surface area contributed by atoms with E-state index in [1.807, 2.05) is 11.3 Å². The smallest absolute Gasteiger partial charge is 0.0946 e. The van der Waals surface area contributed by atoms with Crippen molar-refractivity contribution in [2.75, 3.05) is 6.54 Å². The Morgan fingerprint density at radius 1 is 1.33 bits per heavy atom. The van der Waals surface area contributed by atoms with Gasteiger partial charge in [0.15, 0.2) is 0 Å². The van der Waals surface area contributed by atoms with E-state index < -0.39 is 0 Å². The molecule has 1 fully saturated rings. The molecule has 1 saturated carbocycles. The SMILES string of the molecule is CCNC(Cc1nc(C)c(C)s1)CC1CCCC1. The third kappa shape index (κ3) is 3.79. The predicted molar refractivity (Wildman–Crippen MR) is 79.3 cm³/mol. The highest BCUT2D eigenvalue weighted by Crippen LogP contribution is 2.29. The van der Waals surface area contributed by atoms with Gasteiger partial charge in [-0.15, -0.1) is 11.3 Å². The molecular weight excluding hydrogens is 240 g/mol. The van der Waals surface area contributed by atoms with E-state index in [2.05, 4.69) is 31.1 Å². The van der Waals surface area contributed by atoms with E-state index in [4.69, 9.17) is 0 Å². The first-order valence-electron chi connectivity index (χ1n) is 7.35. The molecule has 1 heterocycles. The Bertz CT molecular complexity index is 347. The maximum atomic E-state index is 4.69. The molecule has 1 atom stereocenters. The van der Waals surface area contributed by atoms with Gasteiger partial charge in [-0.05, 0) is 32.7 Å². The van der Waals surface area contributed by atoms with Crippen molar-refractivity contribution < 1.29 is 0 Å². The molecular formula is C15H26N2S. The van der Waals surface area contributed by atoms with Gasteiger partial charge in [-0.2, -0.15) is 0 Å². The van der Waals surface area contributed by atoms with Crippen molar-refractivity contribution in [3.05, 3.63) is 15.6 Å². The Morgan fingerprint density at radius 3 is 2.61 bits per heavy atom. The van der Waals surface area contributed by atoms with Crippen molar-refractivity contribution in [1.29, 1.82) is 0 Å². The van der Waals surface area contributed by atoms with Crippen molar-refractivity contribution in [2.24, 2.45) is 5.92 Å². The van der Waals surface area contributed by atoms with Gasteiger partial charge < -0.3 is 5.32 Å². The number of nitrogens with zero attached hydrogens (tertiary/aromatic N) is 1. The quantitative estimate of drug-likeness (QED) is 0.845. The summed E-state index contributed by atoms with van der Waals surface area (Å²) >= 11 is 1.88. The van der Waals surface area contributed by atoms with E-state index in [1.54, 1.807) is 0 Å². The number of hydrogen-bond acceptors (Lipinski definition) is 3. The molecule has 0 aromatic carbocycles. The fourth-order valence-electron chi connectivity index (χ4n) is 3.01. The lowest BCUT2D eigenvalue weighted by Gasteiger charge is -2.20. The van der Waals surface area contributed by atoms with Crippen LogP contribution in [0, 0.1) is 19.8 Å². The zero-order valence-electron chi connectivity index (χ0n) is 12.0. The highest BCUT2D eigenvalue weighted by atomic mass is 32.1. The number of hydrogen-bond donors (Lipinski definition) is 1. The fraction of sp³-hybridized carbons (Fsp3) is 0.800. The van der Waals surface area contributed by atoms with E-state index in [-0.39, 0.29) is 0 Å². The Balaban J connectivity index is 1.92. The van der Waals surface area contributed by atoms with Crippen LogP contribution in [0.2, 0.25) is 0 Å². The molecule has 18 heavy (non-hydrogen) atoms. The summed E-state index contributed by atoms with van der Waals surface area (Å²) in [5, 5.41) is 4.97. The molecule has 1 aliphatic rings. The van der Waals surface area contributed by atoms with Crippen LogP contribution in [0.15, 0.2) is 0 Å². The van der Waals surface area contributed by atoms with Gasteiger partial charge in [0.05, 0.1) is 10.7 Å². The number of aromatic nitrogens is 1. The molecule has 2 rings (SSSR count). The number of thiazole rings is 1. The second-order valence-corrected chi connectivity index (χ2v) is 6.88. The second-order valence-electron chi connectivity index (χ2n) is 5.59. The molecule has 0 bridgehead atoms. The molecule has 0 radical (unpaired) electrons. The molecule has 3 heteroatoms. The van der Waals surface area contributed by atoms with Crippen LogP contribution >= 0.6 is 11.3 Å². The van der Waals surface area contributed by atoms with Gasteiger partial charge in [0.1, 0.15) is 0 Å². The van der Waals surface area contributed by atoms with Crippen molar-refractivity contribution in [3.8, 4) is 0 Å². The van der Waals surface area contributed by atoms with E-state index in [1.165, 1.54) is 47.7 Å². The van der Waals surface area contributed by atoms with Gasteiger partial charge in [-0.3, -0.25) is 0 Å². The minimum Gasteiger partial charge on any atom is -0.314 e. The molecule has 1 unspecified atom stereocenters. The van der Waals surface area contributed by atoms with E-state index in [9.17, 15) is 0 Å². The summed E-state index contributed by atoms with van der Waals surface area (Å²) in [6.45, 7) is 7.57. The Labute approximate surface area is 115 Å². The van der Waals surface area contributed by atoms with Gasteiger partial charge in [-0.1, -0.05) is 32.6 Å². The normalized spacial score (nSPS) is 18.4. The first-order valence-corrected chi connectivity index (χ1v) is 8.17. The lowest BCUT2D eigenvalue weighted by molar-refractivity contribution is 0.390. The van der Waals surface area contributed by atoms with Crippen LogP contribution in [0.3, 0.4) is 0 Å². The van der Waals surface area contributed by atoms with Crippen molar-refractivity contribution in [2.45, 2.75) is 65.3 Å². The van der Waals surface area contributed by atoms with E-state index in [0.29, 0.717) is 6.04 Å². The first-order chi connectivity index (χ1) is 8.69. The highest BCUT2D eigenvalue weighted by molar-refractivity contribution is 7.11. The minimum atomic E-state index is 0.628. The molecule has 0 saturated heterocycles. The summed E-state index contributed by atoms with van der Waals surface area (Å²) in [5.74, 6) is 0.955. The molecule has 1 aliphatic carbocycles. The molecule has 0 aliphatic heterocycles. The number of nitrogens with one attached hydrogen (secondary N) is 1. The van der Waals surface area contributed by atoms with Crippen LogP contribution < -0.4 is 5.32 Å². The maximum absolute atomic E-state index is 4.69. The van der Waals surface area contributed by atoms with Crippen molar-refractivity contribution >= 4 is 11.3 Å². The predicted octanol–water partition coefficient (Wildman–Crippen LogP) is 3.86. The third-order valence-corrected chi connectivity index (χ3v) is 5.17. The average Bonchev–Trinajstić information content (AvgIpc) is 2.91. The standard InChI is InChI=1S/C15H26N2S/c1-4-16-14(9-13-7-5-6-8-13)10-15-17-11(2)12(3)18-15/h13-14,16H,4-10H2,1-3H3. The molecule has 0 amide bonds. The van der Waals surface area contributed by atoms with Crippen molar-refractivity contribution in [3.63, 3.8) is 0 Å². The van der Waals surface area contributed by atoms with Gasteiger partial charge in [0, 0.05) is 17.3 Å². The van der Waals surface area contributed by atoms with Gasteiger partial charge in [0.2, 0.25) is 0 Å². The lowest BCUT2D eigenvalue weighted by Crippen LogP contribution is -2.32. The molecule has 2 nitrogen and oxygen atoms in total. The van der Waals surface area contributed by atoms with Crippen LogP contribution in [0.25, 0.3) is 0 Å². The monoisotopic (exact) mass is 266 g/mol. The van der Waals surface area contributed by atoms with E-state index >= 15 is 0 Å². The summed E-state index contributed by atoms with van der Waals surface area (Å²) in [7, 11) is 0. The van der Waals surface area contributed by atoms with Crippen LogP contribution in [-0.4, -0.2) is 17.6 Å². The average molecular weight is 266 g/mol. The zero-order valence-corrected chi connectivity index (χ0v) is 12.8. The zero-order chi connectivity index (χ0) is 13.0. The molecule has 1 N–H and O–H groups in total. The Hall–Kier alpha value is -0.410. The summed E-state index contributed by atoms with van der Waals surface area (Å²) in [5.41, 5.74) is 1.21. The van der Waals surface area contributed by atoms with Crippen LogP contribution in [0.4, 0.5) is 0 Å². The molecule has 102 valence electrons. The van der Waals surface area contributed by atoms with Crippen LogP contribution in [0.5, 0.6) is 0 Å². The first kappa shape index (κ1) is 14.0. The summed E-state index contributed by atoms with van der Waals surface area (Å²) in [4.78, 5) is 6.06. The lowest BCUT2D eigenvalue weighted by atomic mass is 9.96. The Morgan fingerprint density at radius 2 is 2.06 bits per heavy atom. The summed E-state index contributed by atoms with van der Waals surface area (Å²) < 4.78 is 0. The van der Waals surface area contributed by atoms with Crippen LogP contribution in [-0.2, 0) is 6.42 Å². The number of rotatable bonds is 6. The summed E-state index contributed by atoms with van der Waals surface area (Å²) in [6.07, 6.45) is 8.22. The van der Waals surface area contributed by atoms with Gasteiger partial charge >= 0.3 is 0 Å². The molecule has 0 spiro atoms. The summed E-state index contributed by atoms with van der Waals surface area (Å²) in [6, 6.07) is 0.628. The number of aryl methyl sites for hydroxylation is 2. The third-order valence-electron chi connectivity index (χ3n) is 4.08. The number of likely N-dealkylation sites (N-methyl/N-ethyl adjacent to an activating group) is 1. The van der Waals surface area contributed by atoms with Crippen LogP contribution in [0.1, 0.15) is 54.6 Å². The minimum absolute atomic E-state index is 0.628. The van der Waals surface area contributed by atoms with E-state index in [0.717, 1.165) is 18.9 Å². The molecule has 1 aromatic heterocycles. The maximum Gasteiger partial charge on any atom is 0.0946 e. The fourth-order valence-corrected chi connectivity index (χ4v) is 4.03. The van der Waals surface area contributed by atoms with Gasteiger partial charge in [0.25, 0.3) is 0 Å². The topological polar surface area (TPSA) is 24.9 Å². The Kier molecular flexibility index (Phi) is 5.19. The second kappa shape index (κ2) is 6.67. The van der Waals surface area contributed by atoms with Crippen molar-refractivity contribution in [1.82, 2.24) is 10.3 Å². The van der Waals surface area contributed by atoms with Gasteiger partial charge in [-0.25, -0.2) is 4.98 Å². The highest BCUT2D eigenvalue weighted by Gasteiger charge is 2.20. The molecule has 1 aromatic rings. The largest absolute Gasteiger partial charge is 0.314 e.